The van der Waals surface area contributed by atoms with E-state index in [-0.39, 0.29) is 5.69 Å². The predicted octanol–water partition coefficient (Wildman–Crippen LogP) is 3.06. The van der Waals surface area contributed by atoms with Gasteiger partial charge in [0.25, 0.3) is 0 Å². The van der Waals surface area contributed by atoms with Crippen LogP contribution >= 0.6 is 0 Å². The van der Waals surface area contributed by atoms with Crippen LogP contribution in [0.2, 0.25) is 0 Å². The molecule has 19 heavy (non-hydrogen) atoms. The lowest BCUT2D eigenvalue weighted by molar-refractivity contribution is 0.473. The van der Waals surface area contributed by atoms with Crippen molar-refractivity contribution in [2.24, 2.45) is 10.2 Å². The number of nitrogens with zero attached hydrogens (tertiary/aromatic N) is 2. The average Bonchev–Trinajstić information content (AvgIpc) is 2.52. The van der Waals surface area contributed by atoms with Crippen molar-refractivity contribution in [2.75, 3.05) is 5.73 Å². The highest BCUT2D eigenvalue weighted by molar-refractivity contribution is 5.57. The van der Waals surface area contributed by atoms with Crippen LogP contribution in [0.4, 0.5) is 17.1 Å². The molecule has 0 radical (unpaired) electrons. The molecule has 0 heterocycles. The molecule has 0 unspecified atom stereocenters. The molecule has 0 bridgehead atoms. The molecule has 0 aliphatic rings. The Morgan fingerprint density at radius 3 is 2.26 bits per heavy atom. The predicted molar refractivity (Wildman–Crippen MR) is 74.1 cm³/mol. The summed E-state index contributed by atoms with van der Waals surface area (Å²) in [6.45, 7) is 1.98. The number of nitrogens with two attached hydrogens (primary N) is 1. The number of nitrogen functional groups attached to an aromatic ring is 1. The number of hydrogen-bond donors (Lipinski definition) is 2. The van der Waals surface area contributed by atoms with E-state index in [4.69, 9.17) is 5.73 Å². The fourth-order valence-electron chi connectivity index (χ4n) is 1.45. The molecule has 0 fully saturated rings. The molecule has 96 valence electrons. The second kappa shape index (κ2) is 5.30. The Labute approximate surface area is 110 Å². The zero-order chi connectivity index (χ0) is 13.8. The first-order chi connectivity index (χ1) is 9.06. The van der Waals surface area contributed by atoms with Crippen molar-refractivity contribution in [3.8, 4) is 5.75 Å². The van der Waals surface area contributed by atoms with Crippen LogP contribution in [-0.2, 0) is 0 Å². The SMILES string of the molecule is Cc1ccc(N=Nc2ccc(=O)c(O)c(N)c2)cc1. The van der Waals surface area contributed by atoms with Gasteiger partial charge in [0.2, 0.25) is 5.43 Å². The zero-order valence-corrected chi connectivity index (χ0v) is 10.4. The van der Waals surface area contributed by atoms with Crippen molar-refractivity contribution in [3.63, 3.8) is 0 Å². The molecule has 0 amide bonds. The molecule has 0 saturated carbocycles. The Balaban J connectivity index is 2.34. The Morgan fingerprint density at radius 1 is 1.00 bits per heavy atom. The standard InChI is InChI=1S/C14H13N3O2/c1-9-2-4-10(5-3-9)16-17-11-6-7-13(18)14(19)12(15)8-11/h2-8H,1H3,(H3,15,18,19). The molecular formula is C14H13N3O2. The summed E-state index contributed by atoms with van der Waals surface area (Å²) in [6, 6.07) is 11.6. The number of rotatable bonds is 2. The van der Waals surface area contributed by atoms with Crippen LogP contribution in [0.15, 0.2) is 57.5 Å². The second-order valence-electron chi connectivity index (χ2n) is 4.11. The summed E-state index contributed by atoms with van der Waals surface area (Å²) in [7, 11) is 0. The number of aromatic hydroxyl groups is 1. The molecule has 5 nitrogen and oxygen atoms in total. The highest BCUT2D eigenvalue weighted by atomic mass is 16.3. The summed E-state index contributed by atoms with van der Waals surface area (Å²) < 4.78 is 0. The van der Waals surface area contributed by atoms with Crippen LogP contribution in [0.5, 0.6) is 5.75 Å². The van der Waals surface area contributed by atoms with Gasteiger partial charge in [-0.2, -0.15) is 10.2 Å². The molecule has 0 atom stereocenters. The van der Waals surface area contributed by atoms with E-state index >= 15 is 0 Å². The van der Waals surface area contributed by atoms with E-state index < -0.39 is 11.2 Å². The fourth-order valence-corrected chi connectivity index (χ4v) is 1.45. The first kappa shape index (κ1) is 12.8. The van der Waals surface area contributed by atoms with Gasteiger partial charge in [-0.05, 0) is 37.3 Å². The van der Waals surface area contributed by atoms with Crippen molar-refractivity contribution < 1.29 is 5.11 Å². The van der Waals surface area contributed by atoms with Crippen LogP contribution in [-0.4, -0.2) is 5.11 Å². The van der Waals surface area contributed by atoms with Crippen molar-refractivity contribution in [1.82, 2.24) is 0 Å². The maximum atomic E-state index is 11.3. The Bertz CT molecular complexity index is 679. The van der Waals surface area contributed by atoms with Crippen LogP contribution in [0.1, 0.15) is 5.56 Å². The van der Waals surface area contributed by atoms with Gasteiger partial charge in [-0.1, -0.05) is 17.7 Å². The monoisotopic (exact) mass is 255 g/mol. The molecule has 0 aromatic heterocycles. The van der Waals surface area contributed by atoms with Crippen LogP contribution in [0.3, 0.4) is 0 Å². The van der Waals surface area contributed by atoms with E-state index in [1.807, 2.05) is 31.2 Å². The number of benzene rings is 1. The molecule has 0 aliphatic carbocycles. The van der Waals surface area contributed by atoms with Gasteiger partial charge < -0.3 is 10.8 Å². The van der Waals surface area contributed by atoms with E-state index in [1.54, 1.807) is 0 Å². The molecule has 0 aliphatic heterocycles. The smallest absolute Gasteiger partial charge is 0.222 e. The molecule has 0 spiro atoms. The lowest BCUT2D eigenvalue weighted by atomic mass is 10.2. The van der Waals surface area contributed by atoms with Crippen LogP contribution in [0.25, 0.3) is 0 Å². The minimum Gasteiger partial charge on any atom is -0.503 e. The number of anilines is 1. The van der Waals surface area contributed by atoms with Crippen molar-refractivity contribution >= 4 is 17.1 Å². The van der Waals surface area contributed by atoms with Gasteiger partial charge in [0, 0.05) is 0 Å². The van der Waals surface area contributed by atoms with Gasteiger partial charge in [-0.3, -0.25) is 4.79 Å². The molecule has 5 heteroatoms. The molecule has 0 saturated heterocycles. The van der Waals surface area contributed by atoms with E-state index in [1.165, 1.54) is 18.2 Å². The van der Waals surface area contributed by atoms with Gasteiger partial charge in [0.15, 0.2) is 5.75 Å². The number of hydrogen-bond acceptors (Lipinski definition) is 5. The maximum Gasteiger partial charge on any atom is 0.222 e. The highest BCUT2D eigenvalue weighted by Gasteiger charge is 2.00. The third-order valence-electron chi connectivity index (χ3n) is 2.53. The van der Waals surface area contributed by atoms with Crippen LogP contribution < -0.4 is 11.2 Å². The van der Waals surface area contributed by atoms with E-state index in [0.29, 0.717) is 11.4 Å². The normalized spacial score (nSPS) is 10.8. The lowest BCUT2D eigenvalue weighted by Crippen LogP contribution is -1.96. The molecule has 2 aromatic carbocycles. The fraction of sp³-hybridized carbons (Fsp3) is 0.0714. The summed E-state index contributed by atoms with van der Waals surface area (Å²) >= 11 is 0. The number of aryl methyl sites for hydroxylation is 1. The summed E-state index contributed by atoms with van der Waals surface area (Å²) in [5.41, 5.74) is 7.20. The second-order valence-corrected chi connectivity index (χ2v) is 4.11. The van der Waals surface area contributed by atoms with Gasteiger partial charge in [-0.15, -0.1) is 0 Å². The van der Waals surface area contributed by atoms with E-state index in [0.717, 1.165) is 5.56 Å². The third kappa shape index (κ3) is 3.16. The molecule has 2 rings (SSSR count). The van der Waals surface area contributed by atoms with Crippen molar-refractivity contribution in [3.05, 3.63) is 58.3 Å². The summed E-state index contributed by atoms with van der Waals surface area (Å²) in [5.74, 6) is -0.475. The summed E-state index contributed by atoms with van der Waals surface area (Å²) in [4.78, 5) is 11.3. The Kier molecular flexibility index (Phi) is 3.56. The molecular weight excluding hydrogens is 242 g/mol. The van der Waals surface area contributed by atoms with Gasteiger partial charge in [0.05, 0.1) is 17.1 Å². The number of azo groups is 1. The average molecular weight is 255 g/mol. The lowest BCUT2D eigenvalue weighted by Gasteiger charge is -1.93. The Morgan fingerprint density at radius 2 is 1.58 bits per heavy atom. The first-order valence-corrected chi connectivity index (χ1v) is 5.67. The van der Waals surface area contributed by atoms with Crippen LogP contribution in [0, 0.1) is 6.92 Å². The summed E-state index contributed by atoms with van der Waals surface area (Å²) in [5, 5.41) is 17.4. The summed E-state index contributed by atoms with van der Waals surface area (Å²) in [6.07, 6.45) is 0. The van der Waals surface area contributed by atoms with E-state index in [9.17, 15) is 9.90 Å². The largest absolute Gasteiger partial charge is 0.503 e. The quantitative estimate of drug-likeness (QED) is 0.808. The first-order valence-electron chi connectivity index (χ1n) is 5.67. The minimum atomic E-state index is -0.547. The molecule has 2 aromatic rings. The van der Waals surface area contributed by atoms with Gasteiger partial charge >= 0.3 is 0 Å². The topological polar surface area (TPSA) is 88.0 Å². The third-order valence-corrected chi connectivity index (χ3v) is 2.53. The van der Waals surface area contributed by atoms with Gasteiger partial charge in [0.1, 0.15) is 0 Å². The van der Waals surface area contributed by atoms with Crippen molar-refractivity contribution in [2.45, 2.75) is 6.92 Å². The van der Waals surface area contributed by atoms with E-state index in [2.05, 4.69) is 10.2 Å². The zero-order valence-electron chi connectivity index (χ0n) is 10.4. The Hall–Kier alpha value is -2.69. The highest BCUT2D eigenvalue weighted by Crippen LogP contribution is 2.22. The maximum absolute atomic E-state index is 11.3. The van der Waals surface area contributed by atoms with Gasteiger partial charge in [-0.25, -0.2) is 0 Å². The molecule has 3 N–H and O–H groups in total. The van der Waals surface area contributed by atoms with Crippen molar-refractivity contribution in [1.29, 1.82) is 0 Å². The minimum absolute atomic E-state index is 0.0205.